The van der Waals surface area contributed by atoms with Gasteiger partial charge in [0.2, 0.25) is 5.91 Å². The molecule has 0 spiro atoms. The fourth-order valence-electron chi connectivity index (χ4n) is 8.31. The maximum Gasteiger partial charge on any atom is 0.268 e. The Labute approximate surface area is 398 Å². The highest BCUT2D eigenvalue weighted by atomic mass is 31.2. The molecule has 380 valence electrons. The van der Waals surface area contributed by atoms with Gasteiger partial charge in [-0.05, 0) is 44.9 Å². The third-order valence-electron chi connectivity index (χ3n) is 12.7. The molecular weight excluding hydrogens is 816 g/mol. The van der Waals surface area contributed by atoms with Crippen molar-refractivity contribution in [1.82, 2.24) is 5.32 Å². The monoisotopic (exact) mass is 925 g/mol. The number of carbonyl (C=O) groups excluding carboxylic acids is 1. The largest absolute Gasteiger partial charge is 0.756 e. The third-order valence-corrected chi connectivity index (χ3v) is 13.7. The van der Waals surface area contributed by atoms with E-state index < -0.39 is 20.0 Å². The van der Waals surface area contributed by atoms with Crippen LogP contribution in [-0.4, -0.2) is 68.5 Å². The molecule has 3 atom stereocenters. The van der Waals surface area contributed by atoms with Crippen LogP contribution in [0.15, 0.2) is 24.3 Å². The molecule has 0 aromatic rings. The summed E-state index contributed by atoms with van der Waals surface area (Å²) in [5.41, 5.74) is 0. The topological polar surface area (TPSA) is 108 Å². The number of phosphoric ester groups is 1. The van der Waals surface area contributed by atoms with Crippen molar-refractivity contribution in [3.8, 4) is 0 Å². The first-order valence-corrected chi connectivity index (χ1v) is 29.1. The molecule has 0 aliphatic carbocycles. The molecule has 1 amide bonds. The van der Waals surface area contributed by atoms with E-state index in [0.717, 1.165) is 44.9 Å². The fraction of sp³-hybridized carbons (Fsp3) is 0.909. The van der Waals surface area contributed by atoms with E-state index in [9.17, 15) is 19.4 Å². The number of nitrogens with zero attached hydrogens (tertiary/aromatic N) is 1. The number of carbonyl (C=O) groups is 1. The van der Waals surface area contributed by atoms with Crippen LogP contribution in [0.4, 0.5) is 0 Å². The van der Waals surface area contributed by atoms with E-state index >= 15 is 0 Å². The molecule has 2 N–H and O–H groups in total. The molecule has 0 aromatic heterocycles. The molecule has 0 saturated carbocycles. The Bertz CT molecular complexity index is 1090. The van der Waals surface area contributed by atoms with E-state index in [4.69, 9.17) is 9.05 Å². The van der Waals surface area contributed by atoms with Gasteiger partial charge in [-0.1, -0.05) is 244 Å². The minimum absolute atomic E-state index is 0.0142. The highest BCUT2D eigenvalue weighted by Crippen LogP contribution is 2.38. The number of hydrogen-bond donors (Lipinski definition) is 2. The normalized spacial score (nSPS) is 14.2. The highest BCUT2D eigenvalue weighted by Gasteiger charge is 2.24. The molecule has 0 heterocycles. The van der Waals surface area contributed by atoms with Crippen LogP contribution in [0.25, 0.3) is 0 Å². The van der Waals surface area contributed by atoms with Gasteiger partial charge < -0.3 is 28.8 Å². The van der Waals surface area contributed by atoms with Crippen molar-refractivity contribution in [2.45, 2.75) is 283 Å². The van der Waals surface area contributed by atoms with Crippen molar-refractivity contribution in [3.05, 3.63) is 24.3 Å². The van der Waals surface area contributed by atoms with Gasteiger partial charge in [-0.15, -0.1) is 0 Å². The molecular formula is C55H109N2O6P. The lowest BCUT2D eigenvalue weighted by Crippen LogP contribution is -2.46. The SMILES string of the molecule is CCCCCCC/C=C\C/C=C\CCCCCCCCCCCCCCCCCCCCCC(=O)NC(COP(=O)([O-])OCC[N+](C)(C)C)C(O)CCCCCCCCCCCCC. The van der Waals surface area contributed by atoms with Gasteiger partial charge >= 0.3 is 0 Å². The summed E-state index contributed by atoms with van der Waals surface area (Å²) in [4.78, 5) is 25.4. The van der Waals surface area contributed by atoms with E-state index in [0.29, 0.717) is 23.9 Å². The molecule has 64 heavy (non-hydrogen) atoms. The zero-order valence-corrected chi connectivity index (χ0v) is 44.1. The molecule has 0 aliphatic heterocycles. The number of unbranched alkanes of at least 4 members (excludes halogenated alkanes) is 34. The minimum atomic E-state index is -4.56. The minimum Gasteiger partial charge on any atom is -0.756 e. The second-order valence-corrected chi connectivity index (χ2v) is 21.7. The first kappa shape index (κ1) is 63.0. The Morgan fingerprint density at radius 2 is 0.906 bits per heavy atom. The predicted octanol–water partition coefficient (Wildman–Crippen LogP) is 15.8. The summed E-state index contributed by atoms with van der Waals surface area (Å²) in [6.07, 6.45) is 57.9. The number of likely N-dealkylation sites (N-methyl/N-ethyl adjacent to an activating group) is 1. The Hall–Kier alpha value is -1.02. The zero-order chi connectivity index (χ0) is 47.1. The van der Waals surface area contributed by atoms with Crippen molar-refractivity contribution in [2.24, 2.45) is 0 Å². The smallest absolute Gasteiger partial charge is 0.268 e. The number of rotatable bonds is 51. The van der Waals surface area contributed by atoms with E-state index in [1.165, 1.54) is 199 Å². The summed E-state index contributed by atoms with van der Waals surface area (Å²) in [7, 11) is 1.31. The molecule has 3 unspecified atom stereocenters. The van der Waals surface area contributed by atoms with Crippen molar-refractivity contribution in [2.75, 3.05) is 40.9 Å². The summed E-state index contributed by atoms with van der Waals surface area (Å²) >= 11 is 0. The van der Waals surface area contributed by atoms with Crippen LogP contribution in [0.1, 0.15) is 271 Å². The van der Waals surface area contributed by atoms with Crippen LogP contribution < -0.4 is 10.2 Å². The van der Waals surface area contributed by atoms with Gasteiger partial charge in [-0.25, -0.2) is 0 Å². The molecule has 0 rings (SSSR count). The Morgan fingerprint density at radius 3 is 1.30 bits per heavy atom. The molecule has 8 nitrogen and oxygen atoms in total. The first-order chi connectivity index (χ1) is 31.0. The molecule has 0 radical (unpaired) electrons. The lowest BCUT2D eigenvalue weighted by Gasteiger charge is -2.30. The molecule has 0 fully saturated rings. The third kappa shape index (κ3) is 48.9. The highest BCUT2D eigenvalue weighted by molar-refractivity contribution is 7.45. The van der Waals surface area contributed by atoms with E-state index in [2.05, 4.69) is 43.5 Å². The molecule has 0 aromatic carbocycles. The lowest BCUT2D eigenvalue weighted by atomic mass is 10.0. The van der Waals surface area contributed by atoms with Crippen molar-refractivity contribution >= 4 is 13.7 Å². The number of quaternary nitrogens is 1. The second kappa shape index (κ2) is 47.1. The molecule has 0 saturated heterocycles. The van der Waals surface area contributed by atoms with Gasteiger partial charge in [-0.2, -0.15) is 0 Å². The Balaban J connectivity index is 3.97. The zero-order valence-electron chi connectivity index (χ0n) is 43.3. The number of allylic oxidation sites excluding steroid dienone is 4. The van der Waals surface area contributed by atoms with Crippen LogP contribution in [0, 0.1) is 0 Å². The summed E-state index contributed by atoms with van der Waals surface area (Å²) in [6.45, 7) is 4.72. The van der Waals surface area contributed by atoms with E-state index in [1.54, 1.807) is 0 Å². The standard InChI is InChI=1S/C55H109N2O6P/c1-6-8-10-12-14-16-18-19-20-21-22-23-24-25-26-27-28-29-30-31-32-33-34-35-36-37-39-41-43-45-47-49-55(59)56-53(52-63-64(60,61)62-51-50-57(3,4)5)54(58)48-46-44-42-40-38-17-15-13-11-9-7-2/h18-19,21-22,53-54,58H,6-17,20,23-52H2,1-5H3,(H-,56,59,60,61)/b19-18-,22-21-. The van der Waals surface area contributed by atoms with Crippen LogP contribution in [0.3, 0.4) is 0 Å². The number of hydrogen-bond acceptors (Lipinski definition) is 6. The summed E-state index contributed by atoms with van der Waals surface area (Å²) < 4.78 is 23.3. The number of amides is 1. The quantitative estimate of drug-likeness (QED) is 0.0272. The van der Waals surface area contributed by atoms with Crippen molar-refractivity contribution < 1.29 is 32.9 Å². The van der Waals surface area contributed by atoms with Gasteiger partial charge in [0.05, 0.1) is 39.9 Å². The number of aliphatic hydroxyl groups excluding tert-OH is 1. The van der Waals surface area contributed by atoms with Crippen molar-refractivity contribution in [1.29, 1.82) is 0 Å². The maximum absolute atomic E-state index is 12.9. The average molecular weight is 925 g/mol. The van der Waals surface area contributed by atoms with Crippen LogP contribution >= 0.6 is 7.82 Å². The number of nitrogens with one attached hydrogen (secondary N) is 1. The molecule has 9 heteroatoms. The second-order valence-electron chi connectivity index (χ2n) is 20.3. The van der Waals surface area contributed by atoms with Crippen LogP contribution in [0.5, 0.6) is 0 Å². The fourth-order valence-corrected chi connectivity index (χ4v) is 9.03. The summed E-state index contributed by atoms with van der Waals surface area (Å²) in [5, 5.41) is 13.9. The van der Waals surface area contributed by atoms with Gasteiger partial charge in [0, 0.05) is 6.42 Å². The maximum atomic E-state index is 12.9. The van der Waals surface area contributed by atoms with Crippen molar-refractivity contribution in [3.63, 3.8) is 0 Å². The van der Waals surface area contributed by atoms with Crippen LogP contribution in [0.2, 0.25) is 0 Å². The molecule has 0 aliphatic rings. The van der Waals surface area contributed by atoms with Crippen LogP contribution in [-0.2, 0) is 18.4 Å². The Morgan fingerprint density at radius 1 is 0.547 bits per heavy atom. The Kier molecular flexibility index (Phi) is 46.3. The number of phosphoric acid groups is 1. The van der Waals surface area contributed by atoms with Gasteiger partial charge in [-0.3, -0.25) is 9.36 Å². The van der Waals surface area contributed by atoms with E-state index in [1.807, 2.05) is 21.1 Å². The molecule has 0 bridgehead atoms. The van der Waals surface area contributed by atoms with Gasteiger partial charge in [0.1, 0.15) is 13.2 Å². The van der Waals surface area contributed by atoms with Gasteiger partial charge in [0.15, 0.2) is 0 Å². The summed E-state index contributed by atoms with van der Waals surface area (Å²) in [5.74, 6) is -0.162. The first-order valence-electron chi connectivity index (χ1n) is 27.7. The van der Waals surface area contributed by atoms with E-state index in [-0.39, 0.29) is 19.1 Å². The average Bonchev–Trinajstić information content (AvgIpc) is 3.25. The lowest BCUT2D eigenvalue weighted by molar-refractivity contribution is -0.870. The predicted molar refractivity (Wildman–Crippen MR) is 275 cm³/mol. The van der Waals surface area contributed by atoms with Gasteiger partial charge in [0.25, 0.3) is 7.82 Å². The number of aliphatic hydroxyl groups is 1. The summed E-state index contributed by atoms with van der Waals surface area (Å²) in [6, 6.07) is -0.796.